The summed E-state index contributed by atoms with van der Waals surface area (Å²) < 4.78 is 25.5. The highest BCUT2D eigenvalue weighted by Gasteiger charge is 2.19. The van der Waals surface area contributed by atoms with Crippen LogP contribution in [0.1, 0.15) is 12.5 Å². The van der Waals surface area contributed by atoms with Crippen LogP contribution in [-0.2, 0) is 16.4 Å². The molecule has 0 amide bonds. The lowest BCUT2D eigenvalue weighted by molar-refractivity contribution is 0.586. The van der Waals surface area contributed by atoms with Gasteiger partial charge in [0.2, 0.25) is 10.0 Å². The summed E-state index contributed by atoms with van der Waals surface area (Å²) in [5.41, 5.74) is 2.43. The molecular weight excluding hydrogens is 236 g/mol. The van der Waals surface area contributed by atoms with Crippen molar-refractivity contribution in [2.75, 3.05) is 30.3 Å². The summed E-state index contributed by atoms with van der Waals surface area (Å²) in [6.45, 7) is 3.90. The van der Waals surface area contributed by atoms with Crippen molar-refractivity contribution in [3.63, 3.8) is 0 Å². The molecule has 94 valence electrons. The van der Waals surface area contributed by atoms with Crippen LogP contribution in [0.3, 0.4) is 0 Å². The Morgan fingerprint density at radius 2 is 2.06 bits per heavy atom. The zero-order chi connectivity index (χ0) is 12.3. The molecule has 0 unspecified atom stereocenters. The average Bonchev–Trinajstić information content (AvgIpc) is 2.50. The molecule has 0 bridgehead atoms. The van der Waals surface area contributed by atoms with Gasteiger partial charge in [0.25, 0.3) is 0 Å². The first-order valence-electron chi connectivity index (χ1n) is 5.92. The van der Waals surface area contributed by atoms with Gasteiger partial charge in [-0.3, -0.25) is 0 Å². The molecule has 0 atom stereocenters. The molecule has 1 saturated heterocycles. The van der Waals surface area contributed by atoms with Gasteiger partial charge in [-0.25, -0.2) is 13.1 Å². The highest BCUT2D eigenvalue weighted by molar-refractivity contribution is 7.89. The maximum Gasteiger partial charge on any atom is 0.213 e. The third-order valence-electron chi connectivity index (χ3n) is 3.05. The van der Waals surface area contributed by atoms with Crippen LogP contribution in [0.5, 0.6) is 0 Å². The molecule has 1 aliphatic heterocycles. The number of para-hydroxylation sites is 1. The Hall–Kier alpha value is -1.07. The van der Waals surface area contributed by atoms with E-state index >= 15 is 0 Å². The van der Waals surface area contributed by atoms with Crippen molar-refractivity contribution >= 4 is 15.7 Å². The predicted molar refractivity (Wildman–Crippen MR) is 69.8 cm³/mol. The topological polar surface area (TPSA) is 49.4 Å². The fourth-order valence-electron chi connectivity index (χ4n) is 2.11. The first kappa shape index (κ1) is 12.4. The molecule has 4 nitrogen and oxygen atoms in total. The van der Waals surface area contributed by atoms with E-state index in [1.807, 2.05) is 12.1 Å². The molecule has 5 heteroatoms. The van der Waals surface area contributed by atoms with E-state index in [0.717, 1.165) is 18.7 Å². The van der Waals surface area contributed by atoms with Crippen LogP contribution >= 0.6 is 0 Å². The predicted octanol–water partition coefficient (Wildman–Crippen LogP) is 0.988. The average molecular weight is 254 g/mol. The van der Waals surface area contributed by atoms with E-state index in [4.69, 9.17) is 0 Å². The van der Waals surface area contributed by atoms with Crippen molar-refractivity contribution < 1.29 is 8.42 Å². The molecule has 1 aromatic carbocycles. The van der Waals surface area contributed by atoms with Crippen LogP contribution in [0.2, 0.25) is 0 Å². The normalized spacial score (nSPS) is 19.9. The number of benzene rings is 1. The molecule has 0 aliphatic carbocycles. The molecule has 1 aliphatic rings. The third kappa shape index (κ3) is 2.98. The van der Waals surface area contributed by atoms with E-state index in [2.05, 4.69) is 28.7 Å². The highest BCUT2D eigenvalue weighted by Crippen LogP contribution is 2.21. The molecule has 1 heterocycles. The van der Waals surface area contributed by atoms with Crippen LogP contribution in [0.25, 0.3) is 0 Å². The summed E-state index contributed by atoms with van der Waals surface area (Å²) in [6, 6.07) is 8.19. The molecule has 1 aromatic rings. The van der Waals surface area contributed by atoms with Crippen molar-refractivity contribution in [3.05, 3.63) is 29.8 Å². The molecule has 0 spiro atoms. The number of hydrogen-bond acceptors (Lipinski definition) is 3. The molecule has 0 aromatic heterocycles. The number of nitrogens with one attached hydrogen (secondary N) is 1. The number of rotatable bonds is 2. The lowest BCUT2D eigenvalue weighted by Gasteiger charge is -2.24. The van der Waals surface area contributed by atoms with E-state index in [9.17, 15) is 8.42 Å². The van der Waals surface area contributed by atoms with Crippen molar-refractivity contribution in [1.82, 2.24) is 4.72 Å². The monoisotopic (exact) mass is 254 g/mol. The number of hydrogen-bond donors (Lipinski definition) is 1. The fraction of sp³-hybridized carbons (Fsp3) is 0.500. The second-order valence-corrected chi connectivity index (χ2v) is 6.11. The van der Waals surface area contributed by atoms with Gasteiger partial charge in [0, 0.05) is 25.3 Å². The second kappa shape index (κ2) is 5.06. The first-order chi connectivity index (χ1) is 8.12. The van der Waals surface area contributed by atoms with Crippen molar-refractivity contribution in [2.24, 2.45) is 0 Å². The van der Waals surface area contributed by atoms with E-state index < -0.39 is 10.0 Å². The van der Waals surface area contributed by atoms with E-state index in [1.165, 1.54) is 5.56 Å². The van der Waals surface area contributed by atoms with Crippen LogP contribution < -0.4 is 9.62 Å². The standard InChI is InChI=1S/C12H18N2O2S/c1-2-11-5-3-4-6-12(11)14-8-7-13-17(15,16)10-9-14/h3-6,13H,2,7-10H2,1H3. The first-order valence-corrected chi connectivity index (χ1v) is 7.58. The Bertz CT molecular complexity index is 485. The van der Waals surface area contributed by atoms with Gasteiger partial charge in [-0.1, -0.05) is 25.1 Å². The fourth-order valence-corrected chi connectivity index (χ4v) is 3.12. The van der Waals surface area contributed by atoms with Gasteiger partial charge in [0.05, 0.1) is 5.75 Å². The lowest BCUT2D eigenvalue weighted by atomic mass is 10.1. The van der Waals surface area contributed by atoms with Crippen molar-refractivity contribution in [1.29, 1.82) is 0 Å². The molecule has 0 saturated carbocycles. The quantitative estimate of drug-likeness (QED) is 0.856. The summed E-state index contributed by atoms with van der Waals surface area (Å²) in [6.07, 6.45) is 0.965. The van der Waals surface area contributed by atoms with Crippen molar-refractivity contribution in [3.8, 4) is 0 Å². The van der Waals surface area contributed by atoms with E-state index in [0.29, 0.717) is 13.1 Å². The van der Waals surface area contributed by atoms with Crippen LogP contribution in [0.15, 0.2) is 24.3 Å². The zero-order valence-corrected chi connectivity index (χ0v) is 10.8. The minimum Gasteiger partial charge on any atom is -0.369 e. The van der Waals surface area contributed by atoms with Gasteiger partial charge < -0.3 is 4.90 Å². The molecule has 0 radical (unpaired) electrons. The zero-order valence-electron chi connectivity index (χ0n) is 10.0. The van der Waals surface area contributed by atoms with E-state index in [-0.39, 0.29) is 5.75 Å². The maximum atomic E-state index is 11.5. The Kier molecular flexibility index (Phi) is 3.69. The molecule has 2 rings (SSSR count). The summed E-state index contributed by atoms with van der Waals surface area (Å²) in [4.78, 5) is 2.15. The van der Waals surface area contributed by atoms with E-state index in [1.54, 1.807) is 0 Å². The Balaban J connectivity index is 2.22. The molecular formula is C12H18N2O2S. The SMILES string of the molecule is CCc1ccccc1N1CCNS(=O)(=O)CC1. The number of sulfonamides is 1. The highest BCUT2D eigenvalue weighted by atomic mass is 32.2. The summed E-state index contributed by atoms with van der Waals surface area (Å²) in [7, 11) is -3.07. The summed E-state index contributed by atoms with van der Waals surface area (Å²) in [5, 5.41) is 0. The number of anilines is 1. The molecule has 17 heavy (non-hydrogen) atoms. The van der Waals surface area contributed by atoms with Crippen LogP contribution in [0.4, 0.5) is 5.69 Å². The maximum absolute atomic E-state index is 11.5. The second-order valence-electron chi connectivity index (χ2n) is 4.18. The molecule has 1 fully saturated rings. The largest absolute Gasteiger partial charge is 0.369 e. The number of aryl methyl sites for hydroxylation is 1. The Labute approximate surface area is 103 Å². The molecule has 1 N–H and O–H groups in total. The minimum absolute atomic E-state index is 0.172. The third-order valence-corrected chi connectivity index (χ3v) is 4.41. The smallest absolute Gasteiger partial charge is 0.213 e. The van der Waals surface area contributed by atoms with Crippen molar-refractivity contribution in [2.45, 2.75) is 13.3 Å². The lowest BCUT2D eigenvalue weighted by Crippen LogP contribution is -2.29. The van der Waals surface area contributed by atoms with Crippen LogP contribution in [0, 0.1) is 0 Å². The van der Waals surface area contributed by atoms with Gasteiger partial charge in [-0.05, 0) is 18.1 Å². The van der Waals surface area contributed by atoms with Crippen LogP contribution in [-0.4, -0.2) is 33.8 Å². The van der Waals surface area contributed by atoms with Gasteiger partial charge in [-0.2, -0.15) is 0 Å². The summed E-state index contributed by atoms with van der Waals surface area (Å²) in [5.74, 6) is 0.172. The Morgan fingerprint density at radius 1 is 1.29 bits per heavy atom. The number of nitrogens with zero attached hydrogens (tertiary/aromatic N) is 1. The van der Waals surface area contributed by atoms with Gasteiger partial charge >= 0.3 is 0 Å². The summed E-state index contributed by atoms with van der Waals surface area (Å²) >= 11 is 0. The van der Waals surface area contributed by atoms with Gasteiger partial charge in [-0.15, -0.1) is 0 Å². The van der Waals surface area contributed by atoms with Gasteiger partial charge in [0.15, 0.2) is 0 Å². The van der Waals surface area contributed by atoms with Gasteiger partial charge in [0.1, 0.15) is 0 Å². The minimum atomic E-state index is -3.07. The Morgan fingerprint density at radius 3 is 2.82 bits per heavy atom.